The monoisotopic (exact) mass is 376 g/mol. The molecular formula is C23H24N2O3. The highest BCUT2D eigenvalue weighted by molar-refractivity contribution is 5.95. The summed E-state index contributed by atoms with van der Waals surface area (Å²) in [7, 11) is 0. The minimum absolute atomic E-state index is 0.0374. The smallest absolute Gasteiger partial charge is 0.262 e. The average molecular weight is 376 g/mol. The molecule has 3 aromatic carbocycles. The molecule has 0 aliphatic carbocycles. The third-order valence-corrected chi connectivity index (χ3v) is 5.08. The van der Waals surface area contributed by atoms with Crippen LogP contribution in [-0.4, -0.2) is 30.3 Å². The van der Waals surface area contributed by atoms with Crippen LogP contribution in [0.15, 0.2) is 60.7 Å². The number of fused-ring (bicyclic) bond motifs is 2. The molecule has 5 nitrogen and oxygen atoms in total. The molecule has 0 unspecified atom stereocenters. The zero-order valence-electron chi connectivity index (χ0n) is 15.8. The van der Waals surface area contributed by atoms with Gasteiger partial charge in [0.2, 0.25) is 0 Å². The lowest BCUT2D eigenvalue weighted by molar-refractivity contribution is -0.118. The first-order valence-corrected chi connectivity index (χ1v) is 9.54. The minimum atomic E-state index is -0.482. The number of hydrogen-bond acceptors (Lipinski definition) is 4. The number of aliphatic hydroxyl groups is 1. The van der Waals surface area contributed by atoms with Crippen LogP contribution in [0.4, 0.5) is 5.69 Å². The van der Waals surface area contributed by atoms with Crippen molar-refractivity contribution in [3.8, 4) is 5.75 Å². The predicted molar refractivity (Wildman–Crippen MR) is 111 cm³/mol. The van der Waals surface area contributed by atoms with E-state index in [9.17, 15) is 9.90 Å². The molecule has 0 aromatic heterocycles. The van der Waals surface area contributed by atoms with E-state index in [4.69, 9.17) is 4.74 Å². The summed E-state index contributed by atoms with van der Waals surface area (Å²) in [5.74, 6) is 0.544. The fraction of sp³-hybridized carbons (Fsp3) is 0.261. The summed E-state index contributed by atoms with van der Waals surface area (Å²) in [4.78, 5) is 11.5. The van der Waals surface area contributed by atoms with Gasteiger partial charge in [-0.1, -0.05) is 48.5 Å². The van der Waals surface area contributed by atoms with Crippen molar-refractivity contribution in [2.45, 2.75) is 25.5 Å². The fourth-order valence-corrected chi connectivity index (χ4v) is 3.51. The lowest BCUT2D eigenvalue weighted by atomic mass is 10.0. The lowest BCUT2D eigenvalue weighted by Crippen LogP contribution is -2.30. The molecule has 0 saturated heterocycles. The molecule has 5 heteroatoms. The molecule has 1 aliphatic rings. The second-order valence-corrected chi connectivity index (χ2v) is 7.26. The molecule has 1 amide bonds. The molecule has 0 fully saturated rings. The van der Waals surface area contributed by atoms with Crippen LogP contribution in [0.2, 0.25) is 0 Å². The summed E-state index contributed by atoms with van der Waals surface area (Å²) in [5.41, 5.74) is 2.84. The largest absolute Gasteiger partial charge is 0.482 e. The average Bonchev–Trinajstić information content (AvgIpc) is 2.71. The Morgan fingerprint density at radius 2 is 1.93 bits per heavy atom. The Hall–Kier alpha value is -2.89. The molecule has 0 spiro atoms. The number of benzene rings is 3. The van der Waals surface area contributed by atoms with Crippen LogP contribution in [0.1, 0.15) is 24.1 Å². The van der Waals surface area contributed by atoms with Crippen molar-refractivity contribution in [2.24, 2.45) is 0 Å². The fourth-order valence-electron chi connectivity index (χ4n) is 3.51. The molecule has 2 atom stereocenters. The van der Waals surface area contributed by atoms with Crippen molar-refractivity contribution >= 4 is 22.4 Å². The van der Waals surface area contributed by atoms with E-state index in [1.54, 1.807) is 0 Å². The number of amides is 1. The molecule has 3 N–H and O–H groups in total. The van der Waals surface area contributed by atoms with E-state index in [1.807, 2.05) is 37.3 Å². The van der Waals surface area contributed by atoms with Gasteiger partial charge in [0.05, 0.1) is 11.8 Å². The molecule has 1 aliphatic heterocycles. The Morgan fingerprint density at radius 1 is 1.11 bits per heavy atom. The first kappa shape index (κ1) is 18.5. The number of hydrogen-bond donors (Lipinski definition) is 3. The van der Waals surface area contributed by atoms with E-state index in [1.165, 1.54) is 10.8 Å². The number of anilines is 1. The quantitative estimate of drug-likeness (QED) is 0.616. The number of rotatable bonds is 6. The Kier molecular flexibility index (Phi) is 5.28. The summed E-state index contributed by atoms with van der Waals surface area (Å²) in [5, 5.41) is 19.0. The van der Waals surface area contributed by atoms with Gasteiger partial charge in [-0.3, -0.25) is 4.79 Å². The van der Waals surface area contributed by atoms with Crippen LogP contribution in [-0.2, 0) is 11.2 Å². The number of ether oxygens (including phenoxy) is 1. The van der Waals surface area contributed by atoms with Crippen molar-refractivity contribution < 1.29 is 14.6 Å². The standard InChI is InChI=1S/C23H24N2O3/c1-15(18-8-9-22-21(12-18)25-23(27)14-28-22)24-13-20(26)11-16-6-7-17-4-2-3-5-19(17)10-16/h2-10,12,15,20,24,26H,11,13-14H2,1H3,(H,25,27)/t15-,20+/m0/s1. The van der Waals surface area contributed by atoms with Crippen LogP contribution in [0.25, 0.3) is 10.8 Å². The van der Waals surface area contributed by atoms with E-state index >= 15 is 0 Å². The maximum absolute atomic E-state index is 11.5. The van der Waals surface area contributed by atoms with E-state index in [-0.39, 0.29) is 18.6 Å². The number of carbonyl (C=O) groups excluding carboxylic acids is 1. The van der Waals surface area contributed by atoms with Crippen molar-refractivity contribution in [1.29, 1.82) is 0 Å². The highest BCUT2D eigenvalue weighted by Gasteiger charge is 2.18. The molecule has 1 heterocycles. The summed E-state index contributed by atoms with van der Waals surface area (Å²) in [6, 6.07) is 20.3. The Bertz CT molecular complexity index is 1000. The van der Waals surface area contributed by atoms with Gasteiger partial charge in [0.1, 0.15) is 5.75 Å². The summed E-state index contributed by atoms with van der Waals surface area (Å²) in [6.07, 6.45) is 0.114. The third-order valence-electron chi connectivity index (χ3n) is 5.08. The molecule has 28 heavy (non-hydrogen) atoms. The van der Waals surface area contributed by atoms with Gasteiger partial charge in [0, 0.05) is 12.6 Å². The normalized spacial score (nSPS) is 15.4. The van der Waals surface area contributed by atoms with Gasteiger partial charge in [-0.25, -0.2) is 0 Å². The summed E-state index contributed by atoms with van der Waals surface area (Å²) >= 11 is 0. The first-order chi connectivity index (χ1) is 13.6. The van der Waals surface area contributed by atoms with Crippen LogP contribution in [0.5, 0.6) is 5.75 Å². The summed E-state index contributed by atoms with van der Waals surface area (Å²) < 4.78 is 5.39. The topological polar surface area (TPSA) is 70.6 Å². The molecule has 4 rings (SSSR count). The van der Waals surface area contributed by atoms with Gasteiger partial charge in [0.25, 0.3) is 5.91 Å². The zero-order valence-corrected chi connectivity index (χ0v) is 15.8. The molecule has 3 aromatic rings. The van der Waals surface area contributed by atoms with Crippen LogP contribution >= 0.6 is 0 Å². The zero-order chi connectivity index (χ0) is 19.5. The Labute approximate surface area is 164 Å². The van der Waals surface area contributed by atoms with E-state index in [0.717, 1.165) is 11.1 Å². The number of carbonyl (C=O) groups is 1. The maximum Gasteiger partial charge on any atom is 0.262 e. The first-order valence-electron chi connectivity index (χ1n) is 9.54. The Balaban J connectivity index is 1.35. The van der Waals surface area contributed by atoms with E-state index in [2.05, 4.69) is 41.0 Å². The van der Waals surface area contributed by atoms with Gasteiger partial charge in [-0.15, -0.1) is 0 Å². The van der Waals surface area contributed by atoms with E-state index < -0.39 is 6.10 Å². The lowest BCUT2D eigenvalue weighted by Gasteiger charge is -2.22. The van der Waals surface area contributed by atoms with Gasteiger partial charge in [-0.2, -0.15) is 0 Å². The van der Waals surface area contributed by atoms with Crippen LogP contribution in [0, 0.1) is 0 Å². The summed E-state index contributed by atoms with van der Waals surface area (Å²) in [6.45, 7) is 2.57. The Morgan fingerprint density at radius 3 is 2.79 bits per heavy atom. The second kappa shape index (κ2) is 8.00. The highest BCUT2D eigenvalue weighted by Crippen LogP contribution is 2.30. The number of nitrogens with one attached hydrogen (secondary N) is 2. The highest BCUT2D eigenvalue weighted by atomic mass is 16.5. The van der Waals surface area contributed by atoms with Crippen molar-refractivity contribution in [3.63, 3.8) is 0 Å². The van der Waals surface area contributed by atoms with E-state index in [0.29, 0.717) is 24.4 Å². The SMILES string of the molecule is C[C@H](NC[C@H](O)Cc1ccc2ccccc2c1)c1ccc2c(c1)NC(=O)CO2. The van der Waals surface area contributed by atoms with Crippen LogP contribution in [0.3, 0.4) is 0 Å². The maximum atomic E-state index is 11.5. The minimum Gasteiger partial charge on any atom is -0.482 e. The van der Waals surface area contributed by atoms with Gasteiger partial charge in [0.15, 0.2) is 6.61 Å². The van der Waals surface area contributed by atoms with Gasteiger partial charge in [-0.05, 0) is 47.4 Å². The van der Waals surface area contributed by atoms with Crippen molar-refractivity contribution in [2.75, 3.05) is 18.5 Å². The second-order valence-electron chi connectivity index (χ2n) is 7.26. The molecule has 0 bridgehead atoms. The molecular weight excluding hydrogens is 352 g/mol. The predicted octanol–water partition coefficient (Wildman–Crippen LogP) is 3.42. The number of aliphatic hydroxyl groups excluding tert-OH is 1. The van der Waals surface area contributed by atoms with Crippen molar-refractivity contribution in [3.05, 3.63) is 71.8 Å². The van der Waals surface area contributed by atoms with Gasteiger partial charge < -0.3 is 20.5 Å². The molecule has 0 saturated carbocycles. The third kappa shape index (κ3) is 4.16. The van der Waals surface area contributed by atoms with Gasteiger partial charge >= 0.3 is 0 Å². The molecule has 144 valence electrons. The van der Waals surface area contributed by atoms with Crippen LogP contribution < -0.4 is 15.4 Å². The molecule has 0 radical (unpaired) electrons. The van der Waals surface area contributed by atoms with Crippen molar-refractivity contribution in [1.82, 2.24) is 5.32 Å².